The third kappa shape index (κ3) is 3.18. The van der Waals surface area contributed by atoms with Crippen LogP contribution in [0, 0.1) is 0 Å². The van der Waals surface area contributed by atoms with E-state index in [-0.39, 0.29) is 10.3 Å². The van der Waals surface area contributed by atoms with E-state index in [1.54, 1.807) is 0 Å². The smallest absolute Gasteiger partial charge is 0.333 e. The number of ether oxygens (including phenoxy) is 2. The Morgan fingerprint density at radius 3 is 2.69 bits per heavy atom. The van der Waals surface area contributed by atoms with E-state index in [0.717, 1.165) is 0 Å². The van der Waals surface area contributed by atoms with Gasteiger partial charge in [0.2, 0.25) is 0 Å². The summed E-state index contributed by atoms with van der Waals surface area (Å²) >= 11 is 2.00. The number of esters is 2. The molecular weight excluding hydrogens is 327 g/mol. The molecule has 6 heteroatoms. The second kappa shape index (κ2) is 5.62. The molecule has 1 N–H and O–H groups in total. The molecule has 0 saturated carbocycles. The zero-order valence-electron chi connectivity index (χ0n) is 8.97. The molecule has 1 rings (SSSR count). The molecule has 0 fully saturated rings. The van der Waals surface area contributed by atoms with E-state index in [9.17, 15) is 14.7 Å². The molecule has 3 atom stereocenters. The highest BCUT2D eigenvalue weighted by molar-refractivity contribution is 14.1. The number of hydrogen-bond acceptors (Lipinski definition) is 5. The van der Waals surface area contributed by atoms with Crippen LogP contribution in [-0.4, -0.2) is 40.3 Å². The Balaban J connectivity index is 2.87. The maximum atomic E-state index is 11.3. The van der Waals surface area contributed by atoms with E-state index in [0.29, 0.717) is 5.57 Å². The first-order valence-corrected chi connectivity index (χ1v) is 5.98. The number of alkyl halides is 1. The van der Waals surface area contributed by atoms with Crippen molar-refractivity contribution in [3.8, 4) is 0 Å². The fourth-order valence-corrected chi connectivity index (χ4v) is 2.10. The maximum Gasteiger partial charge on any atom is 0.333 e. The topological polar surface area (TPSA) is 72.8 Å². The summed E-state index contributed by atoms with van der Waals surface area (Å²) in [5.74, 6) is -0.944. The van der Waals surface area contributed by atoms with Crippen molar-refractivity contribution in [2.75, 3.05) is 7.11 Å². The summed E-state index contributed by atoms with van der Waals surface area (Å²) in [7, 11) is 1.27. The van der Waals surface area contributed by atoms with E-state index in [4.69, 9.17) is 4.74 Å². The number of hydrogen-bond donors (Lipinski definition) is 1. The van der Waals surface area contributed by atoms with Gasteiger partial charge in [-0.1, -0.05) is 22.6 Å². The summed E-state index contributed by atoms with van der Waals surface area (Å²) in [6, 6.07) is 0. The first kappa shape index (κ1) is 13.4. The van der Waals surface area contributed by atoms with Crippen LogP contribution in [0.25, 0.3) is 0 Å². The van der Waals surface area contributed by atoms with Crippen LogP contribution in [0.1, 0.15) is 13.3 Å². The first-order valence-electron chi connectivity index (χ1n) is 4.74. The van der Waals surface area contributed by atoms with Crippen molar-refractivity contribution in [2.45, 2.75) is 29.5 Å². The van der Waals surface area contributed by atoms with Crippen LogP contribution in [0.15, 0.2) is 11.6 Å². The molecule has 0 aliphatic heterocycles. The minimum absolute atomic E-state index is 0.220. The number of aliphatic hydroxyl groups excluding tert-OH is 1. The van der Waals surface area contributed by atoms with Crippen molar-refractivity contribution in [2.24, 2.45) is 0 Å². The van der Waals surface area contributed by atoms with E-state index < -0.39 is 24.1 Å². The summed E-state index contributed by atoms with van der Waals surface area (Å²) in [6.45, 7) is 1.29. The number of methoxy groups -OCH3 is 1. The van der Waals surface area contributed by atoms with Gasteiger partial charge < -0.3 is 14.6 Å². The third-order valence-electron chi connectivity index (χ3n) is 2.23. The standard InChI is InChI=1S/C10H13IO5/c1-5(12)16-8-4-6(10(14)15-2)3-7(13)9(8)11/h4,7-9,13H,3H2,1-2H3/t7-,8-,9-/m1/s1. The van der Waals surface area contributed by atoms with Crippen molar-refractivity contribution in [1.82, 2.24) is 0 Å². The van der Waals surface area contributed by atoms with Gasteiger partial charge in [-0.25, -0.2) is 4.79 Å². The Bertz CT molecular complexity index is 325. The molecule has 0 unspecified atom stereocenters. The summed E-state index contributed by atoms with van der Waals surface area (Å²) in [5.41, 5.74) is 0.342. The van der Waals surface area contributed by atoms with Gasteiger partial charge in [-0.05, 0) is 6.08 Å². The van der Waals surface area contributed by atoms with Crippen molar-refractivity contribution in [3.63, 3.8) is 0 Å². The summed E-state index contributed by atoms with van der Waals surface area (Å²) in [4.78, 5) is 22.2. The summed E-state index contributed by atoms with van der Waals surface area (Å²) < 4.78 is 9.32. The molecule has 0 saturated heterocycles. The van der Waals surface area contributed by atoms with Gasteiger partial charge in [0, 0.05) is 18.9 Å². The molecule has 90 valence electrons. The maximum absolute atomic E-state index is 11.3. The van der Waals surface area contributed by atoms with Crippen LogP contribution in [0.3, 0.4) is 0 Å². The first-order chi connectivity index (χ1) is 7.45. The summed E-state index contributed by atoms with van der Waals surface area (Å²) in [5, 5.41) is 9.73. The highest BCUT2D eigenvalue weighted by Gasteiger charge is 2.34. The molecular formula is C10H13IO5. The van der Waals surface area contributed by atoms with E-state index >= 15 is 0 Å². The quantitative estimate of drug-likeness (QED) is 0.452. The molecule has 5 nitrogen and oxygen atoms in total. The van der Waals surface area contributed by atoms with Crippen molar-refractivity contribution < 1.29 is 24.2 Å². The van der Waals surface area contributed by atoms with Gasteiger partial charge >= 0.3 is 11.9 Å². The Kier molecular flexibility index (Phi) is 4.72. The molecule has 0 spiro atoms. The molecule has 16 heavy (non-hydrogen) atoms. The Hall–Kier alpha value is -0.630. The van der Waals surface area contributed by atoms with Crippen LogP contribution in [0.5, 0.6) is 0 Å². The van der Waals surface area contributed by atoms with Gasteiger partial charge in [0.25, 0.3) is 0 Å². The zero-order valence-corrected chi connectivity index (χ0v) is 11.1. The van der Waals surface area contributed by atoms with Crippen LogP contribution >= 0.6 is 22.6 Å². The largest absolute Gasteiger partial charge is 0.466 e. The molecule has 0 heterocycles. The van der Waals surface area contributed by atoms with Crippen molar-refractivity contribution in [3.05, 3.63) is 11.6 Å². The fraction of sp³-hybridized carbons (Fsp3) is 0.600. The predicted molar refractivity (Wildman–Crippen MR) is 64.1 cm³/mol. The summed E-state index contributed by atoms with van der Waals surface area (Å²) in [6.07, 6.45) is 0.453. The number of aliphatic hydroxyl groups is 1. The lowest BCUT2D eigenvalue weighted by molar-refractivity contribution is -0.146. The molecule has 1 aliphatic rings. The van der Waals surface area contributed by atoms with Gasteiger partial charge in [0.1, 0.15) is 6.10 Å². The van der Waals surface area contributed by atoms with Crippen molar-refractivity contribution in [1.29, 1.82) is 0 Å². The number of halogens is 1. The predicted octanol–water partition coefficient (Wildman–Crippen LogP) is 0.586. The number of rotatable bonds is 2. The zero-order chi connectivity index (χ0) is 12.3. The van der Waals surface area contributed by atoms with Gasteiger partial charge in [-0.3, -0.25) is 4.79 Å². The average Bonchev–Trinajstić information content (AvgIpc) is 2.22. The van der Waals surface area contributed by atoms with Gasteiger partial charge in [-0.2, -0.15) is 0 Å². The van der Waals surface area contributed by atoms with Crippen molar-refractivity contribution >= 4 is 34.5 Å². The normalized spacial score (nSPS) is 29.2. The highest BCUT2D eigenvalue weighted by atomic mass is 127. The lowest BCUT2D eigenvalue weighted by Gasteiger charge is -2.29. The van der Waals surface area contributed by atoms with Crippen LogP contribution < -0.4 is 0 Å². The minimum Gasteiger partial charge on any atom is -0.466 e. The van der Waals surface area contributed by atoms with Crippen LogP contribution in [0.4, 0.5) is 0 Å². The Morgan fingerprint density at radius 1 is 1.56 bits per heavy atom. The van der Waals surface area contributed by atoms with Crippen LogP contribution in [-0.2, 0) is 19.1 Å². The number of carbonyl (C=O) groups excluding carboxylic acids is 2. The molecule has 0 radical (unpaired) electrons. The monoisotopic (exact) mass is 340 g/mol. The average molecular weight is 340 g/mol. The SMILES string of the molecule is COC(=O)C1=C[C@@H](OC(C)=O)[C@H](I)[C@H](O)C1. The van der Waals surface area contributed by atoms with E-state index in [2.05, 4.69) is 4.74 Å². The third-order valence-corrected chi connectivity index (χ3v) is 3.76. The second-order valence-electron chi connectivity index (χ2n) is 3.47. The lowest BCUT2D eigenvalue weighted by Crippen LogP contribution is -2.39. The van der Waals surface area contributed by atoms with Crippen LogP contribution in [0.2, 0.25) is 0 Å². The Morgan fingerprint density at radius 2 is 2.19 bits per heavy atom. The van der Waals surface area contributed by atoms with Gasteiger partial charge in [0.15, 0.2) is 0 Å². The lowest BCUT2D eigenvalue weighted by atomic mass is 9.95. The molecule has 0 amide bonds. The Labute approximate surface area is 107 Å². The van der Waals surface area contributed by atoms with E-state index in [1.807, 2.05) is 22.6 Å². The molecule has 0 aromatic heterocycles. The molecule has 0 aromatic carbocycles. The molecule has 1 aliphatic carbocycles. The number of carbonyl (C=O) groups is 2. The fourth-order valence-electron chi connectivity index (χ4n) is 1.49. The van der Waals surface area contributed by atoms with Gasteiger partial charge in [-0.15, -0.1) is 0 Å². The molecule has 0 bridgehead atoms. The van der Waals surface area contributed by atoms with Gasteiger partial charge in [0.05, 0.1) is 17.1 Å². The highest BCUT2D eigenvalue weighted by Crippen LogP contribution is 2.27. The van der Waals surface area contributed by atoms with E-state index in [1.165, 1.54) is 20.1 Å². The minimum atomic E-state index is -0.718. The molecule has 0 aromatic rings. The second-order valence-corrected chi connectivity index (χ2v) is 4.91.